The van der Waals surface area contributed by atoms with E-state index >= 15 is 0 Å². The van der Waals surface area contributed by atoms with Crippen LogP contribution in [0.3, 0.4) is 0 Å². The van der Waals surface area contributed by atoms with Crippen LogP contribution < -0.4 is 5.56 Å². The molecule has 1 N–H and O–H groups in total. The number of nitrogens with zero attached hydrogens (tertiary/aromatic N) is 1. The zero-order valence-electron chi connectivity index (χ0n) is 9.23. The summed E-state index contributed by atoms with van der Waals surface area (Å²) in [5, 5.41) is 4.05. The average molecular weight is 242 g/mol. The standard InChI is InChI=1S/C13H10N2OS/c1-8-14-11(7-17-8)10-4-2-3-9-5-6-12(16)15-13(9)10/h2-7H,1H3,(H,15,16). The van der Waals surface area contributed by atoms with Gasteiger partial charge in [-0.25, -0.2) is 4.98 Å². The summed E-state index contributed by atoms with van der Waals surface area (Å²) in [5.41, 5.74) is 2.66. The smallest absolute Gasteiger partial charge is 0.248 e. The van der Waals surface area contributed by atoms with Crippen LogP contribution in [0.25, 0.3) is 22.2 Å². The topological polar surface area (TPSA) is 45.8 Å². The van der Waals surface area contributed by atoms with E-state index in [1.54, 1.807) is 17.4 Å². The van der Waals surface area contributed by atoms with Crippen molar-refractivity contribution < 1.29 is 0 Å². The predicted molar refractivity (Wildman–Crippen MR) is 70.4 cm³/mol. The number of aryl methyl sites for hydroxylation is 1. The Labute approximate surface area is 102 Å². The minimum Gasteiger partial charge on any atom is -0.321 e. The molecule has 2 heterocycles. The van der Waals surface area contributed by atoms with E-state index in [1.807, 2.05) is 36.6 Å². The molecule has 0 aliphatic rings. The molecule has 0 bridgehead atoms. The first-order valence-corrected chi connectivity index (χ1v) is 6.16. The molecule has 84 valence electrons. The van der Waals surface area contributed by atoms with E-state index in [0.717, 1.165) is 27.2 Å². The summed E-state index contributed by atoms with van der Waals surface area (Å²) in [6.45, 7) is 1.97. The molecule has 0 fully saturated rings. The van der Waals surface area contributed by atoms with Crippen molar-refractivity contribution in [3.63, 3.8) is 0 Å². The van der Waals surface area contributed by atoms with Crippen molar-refractivity contribution in [2.24, 2.45) is 0 Å². The molecule has 0 saturated heterocycles. The van der Waals surface area contributed by atoms with Gasteiger partial charge < -0.3 is 4.98 Å². The van der Waals surface area contributed by atoms with Gasteiger partial charge >= 0.3 is 0 Å². The Bertz CT molecular complexity index is 742. The molecule has 0 aliphatic carbocycles. The zero-order valence-corrected chi connectivity index (χ0v) is 10.0. The average Bonchev–Trinajstić information content (AvgIpc) is 2.75. The highest BCUT2D eigenvalue weighted by atomic mass is 32.1. The molecule has 0 aliphatic heterocycles. The maximum atomic E-state index is 11.4. The Kier molecular flexibility index (Phi) is 2.30. The molecule has 0 radical (unpaired) electrons. The number of nitrogens with one attached hydrogen (secondary N) is 1. The molecule has 0 atom stereocenters. The fraction of sp³-hybridized carbons (Fsp3) is 0.0769. The second kappa shape index (κ2) is 3.82. The molecule has 4 heteroatoms. The van der Waals surface area contributed by atoms with Gasteiger partial charge in [-0.05, 0) is 18.4 Å². The van der Waals surface area contributed by atoms with Gasteiger partial charge in [0.25, 0.3) is 0 Å². The first-order chi connectivity index (χ1) is 8.24. The molecule has 2 aromatic heterocycles. The monoisotopic (exact) mass is 242 g/mol. The second-order valence-corrected chi connectivity index (χ2v) is 4.91. The van der Waals surface area contributed by atoms with Gasteiger partial charge in [0.2, 0.25) is 5.56 Å². The van der Waals surface area contributed by atoms with Gasteiger partial charge in [0.15, 0.2) is 0 Å². The Morgan fingerprint density at radius 1 is 1.24 bits per heavy atom. The van der Waals surface area contributed by atoms with Gasteiger partial charge in [-0.1, -0.05) is 18.2 Å². The largest absolute Gasteiger partial charge is 0.321 e. The van der Waals surface area contributed by atoms with Crippen molar-refractivity contribution in [2.75, 3.05) is 0 Å². The molecule has 3 nitrogen and oxygen atoms in total. The number of aromatic nitrogens is 2. The summed E-state index contributed by atoms with van der Waals surface area (Å²) in [7, 11) is 0. The number of hydrogen-bond acceptors (Lipinski definition) is 3. The fourth-order valence-corrected chi connectivity index (χ4v) is 2.49. The summed E-state index contributed by atoms with van der Waals surface area (Å²) < 4.78 is 0. The lowest BCUT2D eigenvalue weighted by Gasteiger charge is -2.02. The van der Waals surface area contributed by atoms with Crippen molar-refractivity contribution in [1.29, 1.82) is 0 Å². The summed E-state index contributed by atoms with van der Waals surface area (Å²) in [4.78, 5) is 18.7. The van der Waals surface area contributed by atoms with E-state index in [0.29, 0.717) is 0 Å². The van der Waals surface area contributed by atoms with E-state index in [-0.39, 0.29) is 5.56 Å². The number of benzene rings is 1. The Morgan fingerprint density at radius 2 is 2.12 bits per heavy atom. The van der Waals surface area contributed by atoms with Gasteiger partial charge in [0.05, 0.1) is 16.2 Å². The summed E-state index contributed by atoms with van der Waals surface area (Å²) in [5.74, 6) is 0. The molecular formula is C13H10N2OS. The van der Waals surface area contributed by atoms with E-state index in [4.69, 9.17) is 0 Å². The van der Waals surface area contributed by atoms with Crippen LogP contribution in [0, 0.1) is 6.92 Å². The third kappa shape index (κ3) is 1.76. The second-order valence-electron chi connectivity index (χ2n) is 3.84. The lowest BCUT2D eigenvalue weighted by atomic mass is 10.1. The van der Waals surface area contributed by atoms with Crippen molar-refractivity contribution in [3.05, 3.63) is 51.1 Å². The minimum absolute atomic E-state index is 0.0862. The van der Waals surface area contributed by atoms with E-state index in [2.05, 4.69) is 9.97 Å². The maximum Gasteiger partial charge on any atom is 0.248 e. The molecule has 3 aromatic rings. The first kappa shape index (κ1) is 10.2. The van der Waals surface area contributed by atoms with Crippen LogP contribution in [0.2, 0.25) is 0 Å². The molecular weight excluding hydrogens is 232 g/mol. The normalized spacial score (nSPS) is 10.9. The van der Waals surface area contributed by atoms with Crippen LogP contribution in [0.4, 0.5) is 0 Å². The van der Waals surface area contributed by atoms with Crippen molar-refractivity contribution in [3.8, 4) is 11.3 Å². The summed E-state index contributed by atoms with van der Waals surface area (Å²) in [6.07, 6.45) is 0. The predicted octanol–water partition coefficient (Wildman–Crippen LogP) is 2.96. The van der Waals surface area contributed by atoms with E-state index in [9.17, 15) is 4.79 Å². The van der Waals surface area contributed by atoms with Gasteiger partial charge in [0, 0.05) is 17.0 Å². The quantitative estimate of drug-likeness (QED) is 0.713. The van der Waals surface area contributed by atoms with Crippen molar-refractivity contribution in [2.45, 2.75) is 6.92 Å². The molecule has 0 spiro atoms. The van der Waals surface area contributed by atoms with Crippen LogP contribution in [0.5, 0.6) is 0 Å². The number of hydrogen-bond donors (Lipinski definition) is 1. The molecule has 0 saturated carbocycles. The lowest BCUT2D eigenvalue weighted by Crippen LogP contribution is -2.03. The highest BCUT2D eigenvalue weighted by Gasteiger charge is 2.07. The van der Waals surface area contributed by atoms with Crippen molar-refractivity contribution >= 4 is 22.2 Å². The number of pyridine rings is 1. The minimum atomic E-state index is -0.0862. The number of para-hydroxylation sites is 1. The number of thiazole rings is 1. The summed E-state index contributed by atoms with van der Waals surface area (Å²) in [6, 6.07) is 9.31. The van der Waals surface area contributed by atoms with Crippen LogP contribution >= 0.6 is 11.3 Å². The van der Waals surface area contributed by atoms with Crippen LogP contribution in [-0.2, 0) is 0 Å². The van der Waals surface area contributed by atoms with Crippen LogP contribution in [0.15, 0.2) is 40.5 Å². The molecule has 3 rings (SSSR count). The van der Waals surface area contributed by atoms with Gasteiger partial charge in [-0.15, -0.1) is 11.3 Å². The number of rotatable bonds is 1. The first-order valence-electron chi connectivity index (χ1n) is 5.28. The van der Waals surface area contributed by atoms with E-state index in [1.165, 1.54) is 0 Å². The highest BCUT2D eigenvalue weighted by Crippen LogP contribution is 2.27. The van der Waals surface area contributed by atoms with Crippen LogP contribution in [0.1, 0.15) is 5.01 Å². The van der Waals surface area contributed by atoms with E-state index < -0.39 is 0 Å². The zero-order chi connectivity index (χ0) is 11.8. The summed E-state index contributed by atoms with van der Waals surface area (Å²) >= 11 is 1.61. The number of aromatic amines is 1. The van der Waals surface area contributed by atoms with Gasteiger partial charge in [-0.3, -0.25) is 4.79 Å². The molecule has 0 amide bonds. The Morgan fingerprint density at radius 3 is 2.88 bits per heavy atom. The molecule has 0 unspecified atom stereocenters. The Hall–Kier alpha value is -1.94. The molecule has 17 heavy (non-hydrogen) atoms. The number of fused-ring (bicyclic) bond motifs is 1. The highest BCUT2D eigenvalue weighted by molar-refractivity contribution is 7.09. The third-order valence-corrected chi connectivity index (χ3v) is 3.43. The lowest BCUT2D eigenvalue weighted by molar-refractivity contribution is 1.28. The molecule has 1 aromatic carbocycles. The van der Waals surface area contributed by atoms with Crippen molar-refractivity contribution in [1.82, 2.24) is 9.97 Å². The SMILES string of the molecule is Cc1nc(-c2cccc3ccc(=O)[nH]c23)cs1. The van der Waals surface area contributed by atoms with Crippen LogP contribution in [-0.4, -0.2) is 9.97 Å². The third-order valence-electron chi connectivity index (χ3n) is 2.65. The fourth-order valence-electron chi connectivity index (χ4n) is 1.88. The number of H-pyrrole nitrogens is 1. The maximum absolute atomic E-state index is 11.4. The van der Waals surface area contributed by atoms with Gasteiger partial charge in [-0.2, -0.15) is 0 Å². The van der Waals surface area contributed by atoms with Gasteiger partial charge in [0.1, 0.15) is 0 Å². The Balaban J connectivity index is 2.36.